The van der Waals surface area contributed by atoms with Gasteiger partial charge in [0.15, 0.2) is 0 Å². The van der Waals surface area contributed by atoms with Gasteiger partial charge in [0.05, 0.1) is 12.0 Å². The molecule has 0 saturated heterocycles. The molecule has 0 fully saturated rings. The largest absolute Gasteiger partial charge is 0.465 e. The Kier molecular flexibility index (Phi) is 3.62. The summed E-state index contributed by atoms with van der Waals surface area (Å²) >= 11 is 0. The average Bonchev–Trinajstić information content (AvgIpc) is 2.41. The van der Waals surface area contributed by atoms with Crippen LogP contribution in [0, 0.1) is 0 Å². The highest BCUT2D eigenvalue weighted by atomic mass is 16.5. The van der Waals surface area contributed by atoms with Crippen LogP contribution in [0.2, 0.25) is 0 Å². The molecule has 1 aliphatic carbocycles. The highest BCUT2D eigenvalue weighted by Crippen LogP contribution is 2.37. The average molecular weight is 230 g/mol. The topological polar surface area (TPSA) is 26.3 Å². The van der Waals surface area contributed by atoms with Crippen LogP contribution < -0.4 is 0 Å². The molecule has 0 radical (unpaired) electrons. The van der Waals surface area contributed by atoms with Gasteiger partial charge in [-0.3, -0.25) is 4.79 Å². The maximum Gasteiger partial charge on any atom is 0.316 e. The summed E-state index contributed by atoms with van der Waals surface area (Å²) in [5.74, 6) is -0.0875. The summed E-state index contributed by atoms with van der Waals surface area (Å²) in [6, 6.07) is 9.98. The van der Waals surface area contributed by atoms with E-state index < -0.39 is 5.41 Å². The summed E-state index contributed by atoms with van der Waals surface area (Å²) in [5, 5.41) is 0. The number of benzene rings is 1. The molecule has 2 nitrogen and oxygen atoms in total. The van der Waals surface area contributed by atoms with Crippen LogP contribution in [-0.4, -0.2) is 12.6 Å². The van der Waals surface area contributed by atoms with Gasteiger partial charge in [-0.2, -0.15) is 0 Å². The lowest BCUT2D eigenvalue weighted by atomic mass is 9.72. The molecule has 0 heterocycles. The van der Waals surface area contributed by atoms with Crippen molar-refractivity contribution < 1.29 is 9.53 Å². The molecule has 0 N–H and O–H groups in total. The molecule has 1 aromatic rings. The van der Waals surface area contributed by atoms with Gasteiger partial charge in [-0.1, -0.05) is 42.5 Å². The summed E-state index contributed by atoms with van der Waals surface area (Å²) in [6.07, 6.45) is 6.75. The third-order valence-electron chi connectivity index (χ3n) is 3.36. The van der Waals surface area contributed by atoms with Gasteiger partial charge in [-0.05, 0) is 31.7 Å². The zero-order valence-corrected chi connectivity index (χ0v) is 10.2. The Hall–Kier alpha value is -1.57. The highest BCUT2D eigenvalue weighted by molar-refractivity contribution is 5.83. The van der Waals surface area contributed by atoms with Crippen LogP contribution in [0.15, 0.2) is 42.5 Å². The van der Waals surface area contributed by atoms with Gasteiger partial charge < -0.3 is 4.74 Å². The molecule has 17 heavy (non-hydrogen) atoms. The van der Waals surface area contributed by atoms with E-state index in [2.05, 4.69) is 12.2 Å². The molecule has 2 rings (SSSR count). The van der Waals surface area contributed by atoms with Crippen LogP contribution in [-0.2, 0) is 14.9 Å². The van der Waals surface area contributed by atoms with Crippen molar-refractivity contribution in [1.82, 2.24) is 0 Å². The minimum Gasteiger partial charge on any atom is -0.465 e. The molecule has 0 saturated carbocycles. The van der Waals surface area contributed by atoms with Gasteiger partial charge in [0.1, 0.15) is 0 Å². The first-order valence-corrected chi connectivity index (χ1v) is 6.17. The second kappa shape index (κ2) is 5.17. The van der Waals surface area contributed by atoms with Gasteiger partial charge in [-0.25, -0.2) is 0 Å². The van der Waals surface area contributed by atoms with E-state index in [-0.39, 0.29) is 5.97 Å². The van der Waals surface area contributed by atoms with Gasteiger partial charge in [0, 0.05) is 0 Å². The van der Waals surface area contributed by atoms with Crippen LogP contribution in [0.1, 0.15) is 31.7 Å². The molecular weight excluding hydrogens is 212 g/mol. The number of esters is 1. The first-order valence-electron chi connectivity index (χ1n) is 6.17. The van der Waals surface area contributed by atoms with Crippen LogP contribution in [0.5, 0.6) is 0 Å². The lowest BCUT2D eigenvalue weighted by molar-refractivity contribution is -0.150. The number of allylic oxidation sites excluding steroid dienone is 2. The Morgan fingerprint density at radius 2 is 2.06 bits per heavy atom. The molecule has 90 valence electrons. The summed E-state index contributed by atoms with van der Waals surface area (Å²) in [6.45, 7) is 2.30. The standard InChI is InChI=1S/C15H18O2/c1-2-17-14(16)15(11-7-4-8-12-15)13-9-5-3-6-10-13/h3-7,9-10H,2,8,11-12H2,1H3. The SMILES string of the molecule is CCOC(=O)C1(c2ccccc2)CC=CCC1. The molecule has 0 aliphatic heterocycles. The monoisotopic (exact) mass is 230 g/mol. The fraction of sp³-hybridized carbons (Fsp3) is 0.400. The Morgan fingerprint density at radius 1 is 1.29 bits per heavy atom. The second-order valence-corrected chi connectivity index (χ2v) is 4.38. The fourth-order valence-corrected chi connectivity index (χ4v) is 2.43. The number of hydrogen-bond acceptors (Lipinski definition) is 2. The second-order valence-electron chi connectivity index (χ2n) is 4.38. The third-order valence-corrected chi connectivity index (χ3v) is 3.36. The van der Waals surface area contributed by atoms with Crippen LogP contribution in [0.25, 0.3) is 0 Å². The first-order chi connectivity index (χ1) is 8.29. The predicted octanol–water partition coefficient (Wildman–Crippen LogP) is 3.23. The summed E-state index contributed by atoms with van der Waals surface area (Å²) in [4.78, 5) is 12.3. The van der Waals surface area contributed by atoms with Crippen molar-refractivity contribution in [3.05, 3.63) is 48.0 Å². The summed E-state index contributed by atoms with van der Waals surface area (Å²) in [7, 11) is 0. The predicted molar refractivity (Wildman–Crippen MR) is 67.7 cm³/mol. The number of rotatable bonds is 3. The molecule has 1 aromatic carbocycles. The van der Waals surface area contributed by atoms with Crippen LogP contribution in [0.3, 0.4) is 0 Å². The van der Waals surface area contributed by atoms with Gasteiger partial charge in [0.2, 0.25) is 0 Å². The van der Waals surface area contributed by atoms with Gasteiger partial charge >= 0.3 is 5.97 Å². The smallest absolute Gasteiger partial charge is 0.316 e. The molecule has 2 heteroatoms. The molecule has 1 aliphatic rings. The Morgan fingerprint density at radius 3 is 2.65 bits per heavy atom. The van der Waals surface area contributed by atoms with Crippen molar-refractivity contribution in [3.63, 3.8) is 0 Å². The molecule has 1 atom stereocenters. The van der Waals surface area contributed by atoms with E-state index in [1.54, 1.807) is 0 Å². The van der Waals surface area contributed by atoms with Crippen LogP contribution in [0.4, 0.5) is 0 Å². The quantitative estimate of drug-likeness (QED) is 0.588. The Bertz CT molecular complexity index is 408. The summed E-state index contributed by atoms with van der Waals surface area (Å²) < 4.78 is 5.27. The van der Waals surface area contributed by atoms with E-state index in [0.29, 0.717) is 6.61 Å². The third kappa shape index (κ3) is 2.26. The fourth-order valence-electron chi connectivity index (χ4n) is 2.43. The summed E-state index contributed by atoms with van der Waals surface area (Å²) in [5.41, 5.74) is 0.606. The van der Waals surface area contributed by atoms with Crippen molar-refractivity contribution >= 4 is 5.97 Å². The molecular formula is C15H18O2. The Labute approximate surface area is 102 Å². The maximum absolute atomic E-state index is 12.3. The highest BCUT2D eigenvalue weighted by Gasteiger charge is 2.41. The molecule has 0 bridgehead atoms. The van der Waals surface area contributed by atoms with Gasteiger partial charge in [0.25, 0.3) is 0 Å². The zero-order chi connectivity index (χ0) is 12.1. The molecule has 0 aromatic heterocycles. The van der Waals surface area contributed by atoms with Crippen LogP contribution >= 0.6 is 0 Å². The number of carbonyl (C=O) groups excluding carboxylic acids is 1. The molecule has 1 unspecified atom stereocenters. The minimum absolute atomic E-state index is 0.0875. The van der Waals surface area contributed by atoms with Gasteiger partial charge in [-0.15, -0.1) is 0 Å². The van der Waals surface area contributed by atoms with Crippen molar-refractivity contribution in [2.45, 2.75) is 31.6 Å². The van der Waals surface area contributed by atoms with E-state index >= 15 is 0 Å². The van der Waals surface area contributed by atoms with E-state index in [4.69, 9.17) is 4.74 Å². The van der Waals surface area contributed by atoms with E-state index in [0.717, 1.165) is 24.8 Å². The lowest BCUT2D eigenvalue weighted by Gasteiger charge is -2.32. The zero-order valence-electron chi connectivity index (χ0n) is 10.2. The molecule has 0 spiro atoms. The van der Waals surface area contributed by atoms with Crippen molar-refractivity contribution in [1.29, 1.82) is 0 Å². The number of hydrogen-bond donors (Lipinski definition) is 0. The van der Waals surface area contributed by atoms with E-state index in [9.17, 15) is 4.79 Å². The van der Waals surface area contributed by atoms with Crippen molar-refractivity contribution in [2.75, 3.05) is 6.61 Å². The Balaban J connectivity index is 2.37. The van der Waals surface area contributed by atoms with Crippen molar-refractivity contribution in [2.24, 2.45) is 0 Å². The molecule has 0 amide bonds. The number of carbonyl (C=O) groups is 1. The maximum atomic E-state index is 12.3. The van der Waals surface area contributed by atoms with Crippen molar-refractivity contribution in [3.8, 4) is 0 Å². The minimum atomic E-state index is -0.466. The van der Waals surface area contributed by atoms with E-state index in [1.165, 1.54) is 0 Å². The van der Waals surface area contributed by atoms with E-state index in [1.807, 2.05) is 37.3 Å². The normalized spacial score (nSPS) is 23.4. The number of ether oxygens (including phenoxy) is 1. The first kappa shape index (κ1) is 11.9. The lowest BCUT2D eigenvalue weighted by Crippen LogP contribution is -2.38.